The van der Waals surface area contributed by atoms with Crippen molar-refractivity contribution in [2.24, 2.45) is 0 Å². The van der Waals surface area contributed by atoms with Gasteiger partial charge in [-0.05, 0) is 13.3 Å². The van der Waals surface area contributed by atoms with E-state index in [1.165, 1.54) is 0 Å². The number of aromatic nitrogens is 2. The van der Waals surface area contributed by atoms with E-state index in [-0.39, 0.29) is 0 Å². The SMILES string of the molecule is CCCNc1nc(CCOCC)no1. The summed E-state index contributed by atoms with van der Waals surface area (Å²) < 4.78 is 10.2. The predicted octanol–water partition coefficient (Wildman–Crippen LogP) is 1.47. The fourth-order valence-electron chi connectivity index (χ4n) is 0.967. The van der Waals surface area contributed by atoms with E-state index < -0.39 is 0 Å². The lowest BCUT2D eigenvalue weighted by molar-refractivity contribution is 0.149. The lowest BCUT2D eigenvalue weighted by Gasteiger charge is -1.95. The molecule has 0 bridgehead atoms. The maximum Gasteiger partial charge on any atom is 0.321 e. The van der Waals surface area contributed by atoms with Crippen molar-refractivity contribution in [1.82, 2.24) is 10.1 Å². The number of hydrogen-bond donors (Lipinski definition) is 1. The summed E-state index contributed by atoms with van der Waals surface area (Å²) in [7, 11) is 0. The molecule has 0 amide bonds. The first kappa shape index (κ1) is 11.0. The fraction of sp³-hybridized carbons (Fsp3) is 0.778. The summed E-state index contributed by atoms with van der Waals surface area (Å²) in [6, 6.07) is 0.498. The van der Waals surface area contributed by atoms with Crippen molar-refractivity contribution in [2.45, 2.75) is 26.7 Å². The van der Waals surface area contributed by atoms with Crippen LogP contribution in [0.2, 0.25) is 0 Å². The van der Waals surface area contributed by atoms with E-state index in [0.29, 0.717) is 24.9 Å². The Morgan fingerprint density at radius 2 is 2.29 bits per heavy atom. The Bertz CT molecular complexity index is 250. The van der Waals surface area contributed by atoms with Crippen LogP contribution in [0.25, 0.3) is 0 Å². The standard InChI is InChI=1S/C9H17N3O2/c1-3-6-10-9-11-8(12-14-9)5-7-13-4-2/h3-7H2,1-2H3,(H,10,11,12). The molecule has 80 valence electrons. The number of nitrogens with zero attached hydrogens (tertiary/aromatic N) is 2. The van der Waals surface area contributed by atoms with Crippen molar-refractivity contribution in [3.05, 3.63) is 5.82 Å². The van der Waals surface area contributed by atoms with E-state index in [0.717, 1.165) is 19.6 Å². The molecule has 1 aromatic rings. The van der Waals surface area contributed by atoms with Crippen molar-refractivity contribution in [1.29, 1.82) is 0 Å². The number of nitrogens with one attached hydrogen (secondary N) is 1. The monoisotopic (exact) mass is 199 g/mol. The zero-order valence-corrected chi connectivity index (χ0v) is 8.75. The van der Waals surface area contributed by atoms with Crippen molar-refractivity contribution in [3.63, 3.8) is 0 Å². The second-order valence-electron chi connectivity index (χ2n) is 2.89. The minimum Gasteiger partial charge on any atom is -0.381 e. The first-order valence-corrected chi connectivity index (χ1v) is 5.01. The third-order valence-corrected chi connectivity index (χ3v) is 1.67. The highest BCUT2D eigenvalue weighted by atomic mass is 16.5. The summed E-state index contributed by atoms with van der Waals surface area (Å²) in [5.74, 6) is 0.692. The van der Waals surface area contributed by atoms with Gasteiger partial charge in [0, 0.05) is 19.6 Å². The minimum absolute atomic E-state index is 0.498. The number of anilines is 1. The van der Waals surface area contributed by atoms with Gasteiger partial charge >= 0.3 is 6.01 Å². The summed E-state index contributed by atoms with van der Waals surface area (Å²) >= 11 is 0. The zero-order chi connectivity index (χ0) is 10.2. The highest BCUT2D eigenvalue weighted by Crippen LogP contribution is 2.03. The molecule has 1 aromatic heterocycles. The second-order valence-corrected chi connectivity index (χ2v) is 2.89. The summed E-state index contributed by atoms with van der Waals surface area (Å²) in [6.45, 7) is 6.26. The molecule has 1 heterocycles. The third kappa shape index (κ3) is 3.74. The van der Waals surface area contributed by atoms with Crippen LogP contribution in [0.5, 0.6) is 0 Å². The average Bonchev–Trinajstić information content (AvgIpc) is 2.63. The number of hydrogen-bond acceptors (Lipinski definition) is 5. The Balaban J connectivity index is 2.27. The van der Waals surface area contributed by atoms with Gasteiger partial charge in [0.1, 0.15) is 0 Å². The summed E-state index contributed by atoms with van der Waals surface area (Å²) in [4.78, 5) is 4.15. The first-order chi connectivity index (χ1) is 6.86. The molecule has 0 fully saturated rings. The molecule has 0 saturated carbocycles. The molecule has 0 aromatic carbocycles. The molecule has 0 aliphatic rings. The van der Waals surface area contributed by atoms with Crippen LogP contribution in [0.1, 0.15) is 26.1 Å². The average molecular weight is 199 g/mol. The summed E-state index contributed by atoms with van der Waals surface area (Å²) in [5, 5.41) is 6.84. The molecule has 0 aliphatic heterocycles. The summed E-state index contributed by atoms with van der Waals surface area (Å²) in [6.07, 6.45) is 1.74. The maximum absolute atomic E-state index is 5.19. The lowest BCUT2D eigenvalue weighted by Crippen LogP contribution is -2.01. The van der Waals surface area contributed by atoms with Gasteiger partial charge in [-0.25, -0.2) is 0 Å². The molecule has 0 spiro atoms. The van der Waals surface area contributed by atoms with E-state index >= 15 is 0 Å². The molecule has 0 aliphatic carbocycles. The van der Waals surface area contributed by atoms with Gasteiger partial charge < -0.3 is 14.6 Å². The Labute approximate surface area is 83.8 Å². The zero-order valence-electron chi connectivity index (χ0n) is 8.75. The third-order valence-electron chi connectivity index (χ3n) is 1.67. The Morgan fingerprint density at radius 3 is 3.00 bits per heavy atom. The number of rotatable bonds is 7. The smallest absolute Gasteiger partial charge is 0.321 e. The van der Waals surface area contributed by atoms with Crippen LogP contribution in [-0.2, 0) is 11.2 Å². The van der Waals surface area contributed by atoms with Gasteiger partial charge in [0.25, 0.3) is 0 Å². The van der Waals surface area contributed by atoms with Gasteiger partial charge in [-0.1, -0.05) is 12.1 Å². The predicted molar refractivity (Wildman–Crippen MR) is 53.3 cm³/mol. The van der Waals surface area contributed by atoms with Crippen LogP contribution < -0.4 is 5.32 Å². The molecular weight excluding hydrogens is 182 g/mol. The minimum atomic E-state index is 0.498. The van der Waals surface area contributed by atoms with E-state index in [1.807, 2.05) is 6.92 Å². The molecule has 0 radical (unpaired) electrons. The molecule has 0 atom stereocenters. The lowest BCUT2D eigenvalue weighted by atomic mass is 10.4. The molecule has 14 heavy (non-hydrogen) atoms. The number of ether oxygens (including phenoxy) is 1. The van der Waals surface area contributed by atoms with Gasteiger partial charge in [-0.15, -0.1) is 0 Å². The van der Waals surface area contributed by atoms with Crippen molar-refractivity contribution in [2.75, 3.05) is 25.1 Å². The molecule has 1 N–H and O–H groups in total. The van der Waals surface area contributed by atoms with Crippen LogP contribution >= 0.6 is 0 Å². The Hall–Kier alpha value is -1.10. The van der Waals surface area contributed by atoms with Crippen LogP contribution in [0.4, 0.5) is 6.01 Å². The quantitative estimate of drug-likeness (QED) is 0.674. The van der Waals surface area contributed by atoms with Gasteiger partial charge in [0.05, 0.1) is 6.61 Å². The van der Waals surface area contributed by atoms with Crippen molar-refractivity contribution in [3.8, 4) is 0 Å². The highest BCUT2D eigenvalue weighted by Gasteiger charge is 2.04. The topological polar surface area (TPSA) is 60.2 Å². The summed E-state index contributed by atoms with van der Waals surface area (Å²) in [5.41, 5.74) is 0. The van der Waals surface area contributed by atoms with Crippen LogP contribution in [0.3, 0.4) is 0 Å². The van der Waals surface area contributed by atoms with Crippen LogP contribution in [0, 0.1) is 0 Å². The van der Waals surface area contributed by atoms with E-state index in [9.17, 15) is 0 Å². The van der Waals surface area contributed by atoms with E-state index in [2.05, 4.69) is 22.4 Å². The molecule has 5 heteroatoms. The van der Waals surface area contributed by atoms with E-state index in [1.54, 1.807) is 0 Å². The molecule has 1 rings (SSSR count). The van der Waals surface area contributed by atoms with Crippen molar-refractivity contribution < 1.29 is 9.26 Å². The Morgan fingerprint density at radius 1 is 1.43 bits per heavy atom. The van der Waals surface area contributed by atoms with Gasteiger partial charge in [0.2, 0.25) is 0 Å². The normalized spacial score (nSPS) is 10.4. The van der Waals surface area contributed by atoms with Crippen LogP contribution in [0.15, 0.2) is 4.52 Å². The molecule has 0 saturated heterocycles. The highest BCUT2D eigenvalue weighted by molar-refractivity contribution is 5.17. The van der Waals surface area contributed by atoms with Gasteiger partial charge in [0.15, 0.2) is 5.82 Å². The van der Waals surface area contributed by atoms with E-state index in [4.69, 9.17) is 9.26 Å². The second kappa shape index (κ2) is 6.37. The van der Waals surface area contributed by atoms with Crippen molar-refractivity contribution >= 4 is 6.01 Å². The molecule has 5 nitrogen and oxygen atoms in total. The maximum atomic E-state index is 5.19. The molecule has 0 unspecified atom stereocenters. The largest absolute Gasteiger partial charge is 0.381 e. The first-order valence-electron chi connectivity index (χ1n) is 5.01. The van der Waals surface area contributed by atoms with Crippen LogP contribution in [-0.4, -0.2) is 29.9 Å². The van der Waals surface area contributed by atoms with Gasteiger partial charge in [-0.2, -0.15) is 4.98 Å². The fourth-order valence-corrected chi connectivity index (χ4v) is 0.967. The van der Waals surface area contributed by atoms with Gasteiger partial charge in [-0.3, -0.25) is 0 Å². The molecular formula is C9H17N3O2. The Kier molecular flexibility index (Phi) is 4.99.